The van der Waals surface area contributed by atoms with Gasteiger partial charge in [-0.3, -0.25) is 11.3 Å². The van der Waals surface area contributed by atoms with E-state index in [1.54, 1.807) is 12.1 Å². The van der Waals surface area contributed by atoms with Gasteiger partial charge in [0.05, 0.1) is 0 Å². The SMILES string of the molecule is NNCc1ccc(Cl)cc1Cl. The molecule has 0 aliphatic rings. The molecule has 1 rings (SSSR count). The number of benzene rings is 1. The number of hydrogen-bond donors (Lipinski definition) is 2. The van der Waals surface area contributed by atoms with Gasteiger partial charge in [0.25, 0.3) is 0 Å². The summed E-state index contributed by atoms with van der Waals surface area (Å²) in [6.07, 6.45) is 0. The summed E-state index contributed by atoms with van der Waals surface area (Å²) in [6.45, 7) is 0.552. The van der Waals surface area contributed by atoms with Crippen LogP contribution >= 0.6 is 23.2 Å². The van der Waals surface area contributed by atoms with Crippen molar-refractivity contribution < 1.29 is 0 Å². The van der Waals surface area contributed by atoms with Crippen molar-refractivity contribution in [2.75, 3.05) is 0 Å². The van der Waals surface area contributed by atoms with Crippen molar-refractivity contribution in [3.8, 4) is 0 Å². The van der Waals surface area contributed by atoms with E-state index in [-0.39, 0.29) is 0 Å². The van der Waals surface area contributed by atoms with E-state index < -0.39 is 0 Å². The Kier molecular flexibility index (Phi) is 3.15. The maximum Gasteiger partial charge on any atom is 0.0466 e. The molecule has 0 radical (unpaired) electrons. The number of hydrogen-bond acceptors (Lipinski definition) is 2. The van der Waals surface area contributed by atoms with Crippen LogP contribution in [-0.2, 0) is 6.54 Å². The highest BCUT2D eigenvalue weighted by Gasteiger charge is 1.98. The standard InChI is InChI=1S/C7H8Cl2N2/c8-6-2-1-5(4-11-10)7(9)3-6/h1-3,11H,4,10H2. The molecular weight excluding hydrogens is 183 g/mol. The lowest BCUT2D eigenvalue weighted by Crippen LogP contribution is -2.20. The summed E-state index contributed by atoms with van der Waals surface area (Å²) in [4.78, 5) is 0. The second-order valence-electron chi connectivity index (χ2n) is 2.12. The zero-order valence-electron chi connectivity index (χ0n) is 5.77. The van der Waals surface area contributed by atoms with Crippen LogP contribution in [0.25, 0.3) is 0 Å². The molecule has 0 aromatic heterocycles. The average molecular weight is 191 g/mol. The Hall–Kier alpha value is -0.280. The third-order valence-corrected chi connectivity index (χ3v) is 1.89. The maximum atomic E-state index is 5.83. The van der Waals surface area contributed by atoms with Crippen LogP contribution in [0.5, 0.6) is 0 Å². The van der Waals surface area contributed by atoms with Gasteiger partial charge < -0.3 is 0 Å². The van der Waals surface area contributed by atoms with Crippen molar-refractivity contribution in [1.82, 2.24) is 5.43 Å². The molecule has 0 spiro atoms. The van der Waals surface area contributed by atoms with E-state index in [0.29, 0.717) is 16.6 Å². The van der Waals surface area contributed by atoms with Crippen molar-refractivity contribution in [3.05, 3.63) is 33.8 Å². The molecule has 60 valence electrons. The van der Waals surface area contributed by atoms with Crippen molar-refractivity contribution in [2.45, 2.75) is 6.54 Å². The van der Waals surface area contributed by atoms with Crippen LogP contribution in [0.1, 0.15) is 5.56 Å². The van der Waals surface area contributed by atoms with Crippen LogP contribution in [-0.4, -0.2) is 0 Å². The van der Waals surface area contributed by atoms with Crippen LogP contribution < -0.4 is 11.3 Å². The summed E-state index contributed by atoms with van der Waals surface area (Å²) in [5.41, 5.74) is 3.46. The normalized spacial score (nSPS) is 10.1. The number of halogens is 2. The van der Waals surface area contributed by atoms with Crippen LogP contribution in [0.15, 0.2) is 18.2 Å². The first-order valence-corrected chi connectivity index (χ1v) is 3.87. The Balaban J connectivity index is 2.90. The molecule has 0 aliphatic carbocycles. The van der Waals surface area contributed by atoms with E-state index in [2.05, 4.69) is 5.43 Å². The van der Waals surface area contributed by atoms with Gasteiger partial charge in [0.15, 0.2) is 0 Å². The molecule has 0 bridgehead atoms. The third-order valence-electron chi connectivity index (χ3n) is 1.31. The van der Waals surface area contributed by atoms with Crippen LogP contribution in [0.2, 0.25) is 10.0 Å². The van der Waals surface area contributed by atoms with Gasteiger partial charge in [0.1, 0.15) is 0 Å². The summed E-state index contributed by atoms with van der Waals surface area (Å²) in [5, 5.41) is 1.27. The Labute approximate surface area is 75.3 Å². The lowest BCUT2D eigenvalue weighted by atomic mass is 10.2. The zero-order valence-corrected chi connectivity index (χ0v) is 7.28. The number of nitrogens with two attached hydrogens (primary N) is 1. The molecule has 1 aromatic rings. The van der Waals surface area contributed by atoms with Crippen molar-refractivity contribution in [2.24, 2.45) is 5.84 Å². The van der Waals surface area contributed by atoms with Crippen LogP contribution in [0.4, 0.5) is 0 Å². The van der Waals surface area contributed by atoms with E-state index in [4.69, 9.17) is 29.0 Å². The molecule has 1 aromatic carbocycles. The molecule has 0 aliphatic heterocycles. The van der Waals surface area contributed by atoms with Crippen LogP contribution in [0.3, 0.4) is 0 Å². The molecule has 0 saturated carbocycles. The van der Waals surface area contributed by atoms with Gasteiger partial charge in [0, 0.05) is 16.6 Å². The molecule has 3 N–H and O–H groups in total. The molecule has 2 nitrogen and oxygen atoms in total. The van der Waals surface area contributed by atoms with E-state index in [9.17, 15) is 0 Å². The Morgan fingerprint density at radius 2 is 2.09 bits per heavy atom. The summed E-state index contributed by atoms with van der Waals surface area (Å²) in [6, 6.07) is 5.31. The average Bonchev–Trinajstić information content (AvgIpc) is 1.95. The Bertz CT molecular complexity index is 250. The largest absolute Gasteiger partial charge is 0.271 e. The molecule has 0 unspecified atom stereocenters. The highest BCUT2D eigenvalue weighted by atomic mass is 35.5. The van der Waals surface area contributed by atoms with Gasteiger partial charge >= 0.3 is 0 Å². The number of rotatable bonds is 2. The van der Waals surface area contributed by atoms with Crippen molar-refractivity contribution in [3.63, 3.8) is 0 Å². The molecule has 0 saturated heterocycles. The monoisotopic (exact) mass is 190 g/mol. The fraction of sp³-hybridized carbons (Fsp3) is 0.143. The first-order chi connectivity index (χ1) is 5.24. The van der Waals surface area contributed by atoms with Gasteiger partial charge in [-0.15, -0.1) is 0 Å². The lowest BCUT2D eigenvalue weighted by Gasteiger charge is -2.02. The molecule has 11 heavy (non-hydrogen) atoms. The van der Waals surface area contributed by atoms with Gasteiger partial charge in [-0.05, 0) is 17.7 Å². The minimum atomic E-state index is 0.552. The van der Waals surface area contributed by atoms with E-state index >= 15 is 0 Å². The summed E-state index contributed by atoms with van der Waals surface area (Å²) in [5.74, 6) is 5.13. The predicted molar refractivity (Wildman–Crippen MR) is 47.5 cm³/mol. The summed E-state index contributed by atoms with van der Waals surface area (Å²) < 4.78 is 0. The topological polar surface area (TPSA) is 38.0 Å². The van der Waals surface area contributed by atoms with E-state index in [1.807, 2.05) is 6.07 Å². The number of hydrazine groups is 1. The minimum Gasteiger partial charge on any atom is -0.271 e. The Morgan fingerprint density at radius 3 is 2.64 bits per heavy atom. The molecule has 0 fully saturated rings. The molecular formula is C7H8Cl2N2. The zero-order chi connectivity index (χ0) is 8.27. The van der Waals surface area contributed by atoms with Gasteiger partial charge in [-0.25, -0.2) is 0 Å². The highest BCUT2D eigenvalue weighted by molar-refractivity contribution is 6.35. The molecule has 0 amide bonds. The van der Waals surface area contributed by atoms with Crippen LogP contribution in [0, 0.1) is 0 Å². The van der Waals surface area contributed by atoms with Crippen molar-refractivity contribution >= 4 is 23.2 Å². The highest BCUT2D eigenvalue weighted by Crippen LogP contribution is 2.20. The first-order valence-electron chi connectivity index (χ1n) is 3.11. The van der Waals surface area contributed by atoms with E-state index in [1.165, 1.54) is 0 Å². The minimum absolute atomic E-state index is 0.552. The van der Waals surface area contributed by atoms with Gasteiger partial charge in [0.2, 0.25) is 0 Å². The maximum absolute atomic E-state index is 5.83. The molecule has 0 atom stereocenters. The summed E-state index contributed by atoms with van der Waals surface area (Å²) in [7, 11) is 0. The lowest BCUT2D eigenvalue weighted by molar-refractivity contribution is 0.741. The molecule has 4 heteroatoms. The fourth-order valence-electron chi connectivity index (χ4n) is 0.775. The smallest absolute Gasteiger partial charge is 0.0466 e. The van der Waals surface area contributed by atoms with E-state index in [0.717, 1.165) is 5.56 Å². The van der Waals surface area contributed by atoms with Gasteiger partial charge in [-0.1, -0.05) is 29.3 Å². The summed E-state index contributed by atoms with van der Waals surface area (Å²) >= 11 is 11.5. The fourth-order valence-corrected chi connectivity index (χ4v) is 1.25. The third kappa shape index (κ3) is 2.34. The second-order valence-corrected chi connectivity index (χ2v) is 2.96. The predicted octanol–water partition coefficient (Wildman–Crippen LogP) is 1.96. The molecule has 0 heterocycles. The first kappa shape index (κ1) is 8.81. The van der Waals surface area contributed by atoms with Crippen molar-refractivity contribution in [1.29, 1.82) is 0 Å². The number of nitrogens with one attached hydrogen (secondary N) is 1. The quantitative estimate of drug-likeness (QED) is 0.553. The second kappa shape index (κ2) is 3.93. The Morgan fingerprint density at radius 1 is 1.36 bits per heavy atom. The van der Waals surface area contributed by atoms with Gasteiger partial charge in [-0.2, -0.15) is 0 Å².